The standard InChI is InChI=1S/C8H10IN3O/c1-12-5-6(3-11-12)8-10-4-7(2-9)13-8/h3,5,7H,2,4H2,1H3/t7-/m1/s1. The Balaban J connectivity index is 2.12. The van der Waals surface area contributed by atoms with E-state index in [2.05, 4.69) is 32.7 Å². The van der Waals surface area contributed by atoms with Crippen molar-refractivity contribution in [3.05, 3.63) is 18.0 Å². The minimum absolute atomic E-state index is 0.246. The number of rotatable bonds is 2. The minimum atomic E-state index is 0.246. The van der Waals surface area contributed by atoms with E-state index in [1.165, 1.54) is 0 Å². The normalized spacial score (nSPS) is 21.4. The maximum atomic E-state index is 5.60. The van der Waals surface area contributed by atoms with Crippen molar-refractivity contribution in [2.45, 2.75) is 6.10 Å². The van der Waals surface area contributed by atoms with Crippen LogP contribution in [0.1, 0.15) is 5.56 Å². The Labute approximate surface area is 90.1 Å². The average Bonchev–Trinajstić information content (AvgIpc) is 2.71. The van der Waals surface area contributed by atoms with Crippen molar-refractivity contribution in [3.63, 3.8) is 0 Å². The number of hydrogen-bond donors (Lipinski definition) is 0. The summed E-state index contributed by atoms with van der Waals surface area (Å²) < 4.78 is 8.32. The van der Waals surface area contributed by atoms with Gasteiger partial charge in [-0.25, -0.2) is 4.99 Å². The summed E-state index contributed by atoms with van der Waals surface area (Å²) in [4.78, 5) is 4.31. The summed E-state index contributed by atoms with van der Waals surface area (Å²) in [5.74, 6) is 0.731. The molecule has 0 aromatic carbocycles. The van der Waals surface area contributed by atoms with Crippen molar-refractivity contribution < 1.29 is 4.74 Å². The fourth-order valence-corrected chi connectivity index (χ4v) is 1.65. The van der Waals surface area contributed by atoms with Gasteiger partial charge < -0.3 is 4.74 Å². The highest BCUT2D eigenvalue weighted by Gasteiger charge is 2.20. The maximum Gasteiger partial charge on any atom is 0.219 e. The highest BCUT2D eigenvalue weighted by Crippen LogP contribution is 2.12. The van der Waals surface area contributed by atoms with Crippen LogP contribution in [0, 0.1) is 0 Å². The van der Waals surface area contributed by atoms with Gasteiger partial charge in [-0.15, -0.1) is 0 Å². The van der Waals surface area contributed by atoms with Gasteiger partial charge in [-0.3, -0.25) is 4.68 Å². The van der Waals surface area contributed by atoms with Gasteiger partial charge in [-0.05, 0) is 0 Å². The van der Waals surface area contributed by atoms with Crippen molar-refractivity contribution in [3.8, 4) is 0 Å². The van der Waals surface area contributed by atoms with Crippen LogP contribution in [0.4, 0.5) is 0 Å². The fraction of sp³-hybridized carbons (Fsp3) is 0.500. The molecule has 0 aliphatic carbocycles. The number of halogens is 1. The van der Waals surface area contributed by atoms with Gasteiger partial charge in [0.25, 0.3) is 0 Å². The molecule has 0 bridgehead atoms. The van der Waals surface area contributed by atoms with E-state index in [1.807, 2.05) is 13.2 Å². The van der Waals surface area contributed by atoms with Gasteiger partial charge in [0.15, 0.2) is 0 Å². The largest absolute Gasteiger partial charge is 0.471 e. The predicted octanol–water partition coefficient (Wildman–Crippen LogP) is 1.00. The lowest BCUT2D eigenvalue weighted by molar-refractivity contribution is 0.254. The molecule has 1 aliphatic heterocycles. The van der Waals surface area contributed by atoms with Crippen LogP contribution in [0.5, 0.6) is 0 Å². The molecule has 2 heterocycles. The number of aromatic nitrogens is 2. The first kappa shape index (κ1) is 8.98. The highest BCUT2D eigenvalue weighted by molar-refractivity contribution is 14.1. The van der Waals surface area contributed by atoms with Crippen molar-refractivity contribution in [2.75, 3.05) is 11.0 Å². The predicted molar refractivity (Wildman–Crippen MR) is 58.4 cm³/mol. The first-order chi connectivity index (χ1) is 6.29. The quantitative estimate of drug-likeness (QED) is 0.602. The van der Waals surface area contributed by atoms with Crippen LogP contribution in [0.25, 0.3) is 0 Å². The van der Waals surface area contributed by atoms with Gasteiger partial charge in [0.2, 0.25) is 5.90 Å². The monoisotopic (exact) mass is 291 g/mol. The van der Waals surface area contributed by atoms with E-state index in [-0.39, 0.29) is 6.10 Å². The second-order valence-corrected chi connectivity index (χ2v) is 3.82. The smallest absolute Gasteiger partial charge is 0.219 e. The number of aryl methyl sites for hydroxylation is 1. The van der Waals surface area contributed by atoms with E-state index < -0.39 is 0 Å². The number of alkyl halides is 1. The Bertz CT molecular complexity index is 334. The summed E-state index contributed by atoms with van der Waals surface area (Å²) in [5.41, 5.74) is 0.967. The van der Waals surface area contributed by atoms with Gasteiger partial charge >= 0.3 is 0 Å². The minimum Gasteiger partial charge on any atom is -0.471 e. The van der Waals surface area contributed by atoms with E-state index in [9.17, 15) is 0 Å². The Kier molecular flexibility index (Phi) is 2.52. The summed E-state index contributed by atoms with van der Waals surface area (Å²) in [6.07, 6.45) is 3.93. The molecule has 70 valence electrons. The lowest BCUT2D eigenvalue weighted by atomic mass is 10.4. The summed E-state index contributed by atoms with van der Waals surface area (Å²) in [6, 6.07) is 0. The van der Waals surface area contributed by atoms with Gasteiger partial charge in [0.1, 0.15) is 6.10 Å². The van der Waals surface area contributed by atoms with E-state index in [4.69, 9.17) is 4.74 Å². The van der Waals surface area contributed by atoms with E-state index in [1.54, 1.807) is 10.9 Å². The molecule has 0 fully saturated rings. The third-order valence-electron chi connectivity index (χ3n) is 1.84. The molecule has 0 unspecified atom stereocenters. The van der Waals surface area contributed by atoms with E-state index in [0.717, 1.165) is 22.4 Å². The van der Waals surface area contributed by atoms with E-state index in [0.29, 0.717) is 0 Å². The number of aliphatic imine (C=N–C) groups is 1. The van der Waals surface area contributed by atoms with E-state index >= 15 is 0 Å². The third-order valence-corrected chi connectivity index (χ3v) is 2.82. The summed E-state index contributed by atoms with van der Waals surface area (Å²) in [7, 11) is 1.88. The lowest BCUT2D eigenvalue weighted by Crippen LogP contribution is -2.14. The average molecular weight is 291 g/mol. The van der Waals surface area contributed by atoms with Gasteiger partial charge in [-0.2, -0.15) is 5.10 Å². The van der Waals surface area contributed by atoms with Crippen LogP contribution in [0.3, 0.4) is 0 Å². The Morgan fingerprint density at radius 2 is 2.62 bits per heavy atom. The molecule has 1 aliphatic rings. The second-order valence-electron chi connectivity index (χ2n) is 2.94. The van der Waals surface area contributed by atoms with Gasteiger partial charge in [-0.1, -0.05) is 22.6 Å². The van der Waals surface area contributed by atoms with Crippen LogP contribution < -0.4 is 0 Å². The molecule has 2 rings (SSSR count). The zero-order valence-corrected chi connectivity index (χ0v) is 9.43. The Morgan fingerprint density at radius 1 is 1.77 bits per heavy atom. The van der Waals surface area contributed by atoms with Crippen LogP contribution in [0.2, 0.25) is 0 Å². The van der Waals surface area contributed by atoms with Crippen molar-refractivity contribution in [1.82, 2.24) is 9.78 Å². The first-order valence-corrected chi connectivity index (χ1v) is 5.58. The van der Waals surface area contributed by atoms with Crippen LogP contribution in [0.15, 0.2) is 17.4 Å². The first-order valence-electron chi connectivity index (χ1n) is 4.05. The lowest BCUT2D eigenvalue weighted by Gasteiger charge is -2.05. The molecular weight excluding hydrogens is 281 g/mol. The SMILES string of the molecule is Cn1cc(C2=NC[C@@H](CI)O2)cn1. The Morgan fingerprint density at radius 3 is 3.15 bits per heavy atom. The number of ether oxygens (including phenoxy) is 1. The molecule has 1 aromatic heterocycles. The van der Waals surface area contributed by atoms with Crippen molar-refractivity contribution in [2.24, 2.45) is 12.0 Å². The molecule has 0 radical (unpaired) electrons. The number of hydrogen-bond acceptors (Lipinski definition) is 3. The molecule has 0 N–H and O–H groups in total. The molecule has 13 heavy (non-hydrogen) atoms. The van der Waals surface area contributed by atoms with Crippen molar-refractivity contribution in [1.29, 1.82) is 0 Å². The highest BCUT2D eigenvalue weighted by atomic mass is 127. The number of nitrogens with zero attached hydrogens (tertiary/aromatic N) is 3. The molecular formula is C8H10IN3O. The zero-order valence-electron chi connectivity index (χ0n) is 7.27. The summed E-state index contributed by atoms with van der Waals surface area (Å²) in [5, 5.41) is 4.07. The van der Waals surface area contributed by atoms with Crippen LogP contribution in [-0.2, 0) is 11.8 Å². The third kappa shape index (κ3) is 1.84. The van der Waals surface area contributed by atoms with Crippen LogP contribution >= 0.6 is 22.6 Å². The summed E-state index contributed by atoms with van der Waals surface area (Å²) in [6.45, 7) is 0.771. The zero-order chi connectivity index (χ0) is 9.26. The second kappa shape index (κ2) is 3.65. The molecule has 1 aromatic rings. The topological polar surface area (TPSA) is 39.4 Å². The van der Waals surface area contributed by atoms with Gasteiger partial charge in [0.05, 0.1) is 18.3 Å². The van der Waals surface area contributed by atoms with Crippen LogP contribution in [-0.4, -0.2) is 32.8 Å². The van der Waals surface area contributed by atoms with Gasteiger partial charge in [0, 0.05) is 17.7 Å². The molecule has 4 nitrogen and oxygen atoms in total. The molecule has 0 spiro atoms. The molecule has 5 heteroatoms. The summed E-state index contributed by atoms with van der Waals surface area (Å²) >= 11 is 2.30. The molecule has 0 amide bonds. The van der Waals surface area contributed by atoms with Crippen molar-refractivity contribution >= 4 is 28.5 Å². The molecule has 0 saturated carbocycles. The maximum absolute atomic E-state index is 5.60. The molecule has 0 saturated heterocycles. The fourth-order valence-electron chi connectivity index (χ4n) is 1.19. The Hall–Kier alpha value is -0.590. The molecule has 1 atom stereocenters.